The Kier molecular flexibility index (Phi) is 6.54. The Balaban J connectivity index is 4.03. The third-order valence-corrected chi connectivity index (χ3v) is 2.72. The quantitative estimate of drug-likeness (QED) is 0.697. The van der Waals surface area contributed by atoms with Gasteiger partial charge in [0, 0.05) is 0 Å². The standard InChI is InChI=1S/C14H30O2S/c1-12(2,3)16-14(6,7)8-10-15-13(4,5)9-11-17/h17H,8-11H2,1-7H3. The van der Waals surface area contributed by atoms with Crippen molar-refractivity contribution in [2.24, 2.45) is 0 Å². The van der Waals surface area contributed by atoms with Crippen molar-refractivity contribution in [3.05, 3.63) is 0 Å². The highest BCUT2D eigenvalue weighted by atomic mass is 32.1. The molecule has 0 atom stereocenters. The molecule has 0 fully saturated rings. The fourth-order valence-corrected chi connectivity index (χ4v) is 2.33. The lowest BCUT2D eigenvalue weighted by Crippen LogP contribution is -2.37. The maximum absolute atomic E-state index is 6.00. The Morgan fingerprint density at radius 3 is 1.76 bits per heavy atom. The van der Waals surface area contributed by atoms with Gasteiger partial charge in [-0.15, -0.1) is 0 Å². The van der Waals surface area contributed by atoms with Crippen LogP contribution < -0.4 is 0 Å². The summed E-state index contributed by atoms with van der Waals surface area (Å²) in [7, 11) is 0. The molecule has 17 heavy (non-hydrogen) atoms. The number of ether oxygens (including phenoxy) is 2. The number of hydrogen-bond donors (Lipinski definition) is 1. The van der Waals surface area contributed by atoms with E-state index in [0.29, 0.717) is 0 Å². The molecule has 0 radical (unpaired) electrons. The van der Waals surface area contributed by atoms with Crippen molar-refractivity contribution in [2.75, 3.05) is 12.4 Å². The minimum atomic E-state index is -0.144. The van der Waals surface area contributed by atoms with E-state index in [4.69, 9.17) is 9.47 Å². The first-order valence-electron chi connectivity index (χ1n) is 6.42. The second-order valence-electron chi connectivity index (χ2n) is 6.81. The molecule has 0 heterocycles. The van der Waals surface area contributed by atoms with E-state index in [1.165, 1.54) is 0 Å². The van der Waals surface area contributed by atoms with E-state index in [2.05, 4.69) is 61.1 Å². The van der Waals surface area contributed by atoms with Crippen LogP contribution in [-0.4, -0.2) is 29.2 Å². The summed E-state index contributed by atoms with van der Waals surface area (Å²) in [5.41, 5.74) is -0.334. The molecule has 0 unspecified atom stereocenters. The van der Waals surface area contributed by atoms with Gasteiger partial charge in [0.25, 0.3) is 0 Å². The fraction of sp³-hybridized carbons (Fsp3) is 1.00. The first-order chi connectivity index (χ1) is 7.47. The van der Waals surface area contributed by atoms with Crippen LogP contribution in [0.5, 0.6) is 0 Å². The SMILES string of the molecule is CC(C)(C)OC(C)(C)CCOC(C)(C)CCS. The second kappa shape index (κ2) is 6.44. The van der Waals surface area contributed by atoms with E-state index in [1.807, 2.05) is 0 Å². The molecule has 0 N–H and O–H groups in total. The molecular formula is C14H30O2S. The monoisotopic (exact) mass is 262 g/mol. The summed E-state index contributed by atoms with van der Waals surface area (Å²) in [4.78, 5) is 0. The third kappa shape index (κ3) is 9.93. The summed E-state index contributed by atoms with van der Waals surface area (Å²) in [6.45, 7) is 15.4. The smallest absolute Gasteiger partial charge is 0.0655 e. The van der Waals surface area contributed by atoms with Gasteiger partial charge in [-0.3, -0.25) is 0 Å². The lowest BCUT2D eigenvalue weighted by Gasteiger charge is -2.35. The van der Waals surface area contributed by atoms with Gasteiger partial charge in [-0.2, -0.15) is 12.6 Å². The van der Waals surface area contributed by atoms with Crippen LogP contribution >= 0.6 is 12.6 Å². The van der Waals surface area contributed by atoms with Crippen LogP contribution in [0, 0.1) is 0 Å². The summed E-state index contributed by atoms with van der Waals surface area (Å²) < 4.78 is 11.9. The molecule has 0 spiro atoms. The van der Waals surface area contributed by atoms with Gasteiger partial charge in [0.2, 0.25) is 0 Å². The predicted octanol–water partition coefficient (Wildman–Crippen LogP) is 4.09. The van der Waals surface area contributed by atoms with Crippen molar-refractivity contribution in [3.63, 3.8) is 0 Å². The van der Waals surface area contributed by atoms with Crippen LogP contribution in [0.3, 0.4) is 0 Å². The molecule has 0 aromatic carbocycles. The number of rotatable bonds is 7. The minimum Gasteiger partial charge on any atom is -0.375 e. The van der Waals surface area contributed by atoms with Gasteiger partial charge in [-0.1, -0.05) is 0 Å². The van der Waals surface area contributed by atoms with Gasteiger partial charge in [-0.05, 0) is 67.1 Å². The predicted molar refractivity (Wildman–Crippen MR) is 78.0 cm³/mol. The average molecular weight is 262 g/mol. The molecule has 0 aromatic heterocycles. The van der Waals surface area contributed by atoms with Crippen LogP contribution in [0.15, 0.2) is 0 Å². The van der Waals surface area contributed by atoms with Crippen LogP contribution in [-0.2, 0) is 9.47 Å². The highest BCUT2D eigenvalue weighted by Gasteiger charge is 2.26. The van der Waals surface area contributed by atoms with Gasteiger partial charge >= 0.3 is 0 Å². The molecule has 0 aromatic rings. The summed E-state index contributed by atoms with van der Waals surface area (Å²) in [5, 5.41) is 0. The van der Waals surface area contributed by atoms with Crippen LogP contribution in [0.4, 0.5) is 0 Å². The third-order valence-electron chi connectivity index (χ3n) is 2.49. The molecule has 0 amide bonds. The van der Waals surface area contributed by atoms with Crippen LogP contribution in [0.25, 0.3) is 0 Å². The Bertz CT molecular complexity index is 217. The summed E-state index contributed by atoms with van der Waals surface area (Å²) >= 11 is 4.24. The van der Waals surface area contributed by atoms with E-state index in [1.54, 1.807) is 0 Å². The normalized spacial score (nSPS) is 14.1. The maximum Gasteiger partial charge on any atom is 0.0655 e. The summed E-state index contributed by atoms with van der Waals surface area (Å²) in [6.07, 6.45) is 1.87. The zero-order valence-electron chi connectivity index (χ0n) is 12.6. The Morgan fingerprint density at radius 1 is 0.824 bits per heavy atom. The molecule has 0 aliphatic carbocycles. The summed E-state index contributed by atoms with van der Waals surface area (Å²) in [6, 6.07) is 0. The molecule has 0 bridgehead atoms. The Morgan fingerprint density at radius 2 is 1.35 bits per heavy atom. The number of hydrogen-bond acceptors (Lipinski definition) is 3. The summed E-state index contributed by atoms with van der Waals surface area (Å²) in [5.74, 6) is 0.856. The topological polar surface area (TPSA) is 18.5 Å². The van der Waals surface area contributed by atoms with Gasteiger partial charge in [0.05, 0.1) is 23.4 Å². The maximum atomic E-state index is 6.00. The zero-order valence-corrected chi connectivity index (χ0v) is 13.5. The molecule has 2 nitrogen and oxygen atoms in total. The van der Waals surface area contributed by atoms with E-state index < -0.39 is 0 Å². The Hall–Kier alpha value is 0.270. The highest BCUT2D eigenvalue weighted by Crippen LogP contribution is 2.24. The molecule has 104 valence electrons. The van der Waals surface area contributed by atoms with Crippen molar-refractivity contribution in [2.45, 2.75) is 78.1 Å². The van der Waals surface area contributed by atoms with Crippen molar-refractivity contribution >= 4 is 12.6 Å². The van der Waals surface area contributed by atoms with Gasteiger partial charge < -0.3 is 9.47 Å². The number of thiol groups is 1. The van der Waals surface area contributed by atoms with E-state index >= 15 is 0 Å². The molecular weight excluding hydrogens is 232 g/mol. The second-order valence-corrected chi connectivity index (χ2v) is 7.25. The fourth-order valence-electron chi connectivity index (χ4n) is 1.79. The largest absolute Gasteiger partial charge is 0.375 e. The van der Waals surface area contributed by atoms with Gasteiger partial charge in [0.1, 0.15) is 0 Å². The zero-order chi connectivity index (χ0) is 13.7. The molecule has 0 saturated heterocycles. The van der Waals surface area contributed by atoms with Crippen molar-refractivity contribution in [3.8, 4) is 0 Å². The lowest BCUT2D eigenvalue weighted by molar-refractivity contribution is -0.131. The van der Waals surface area contributed by atoms with Crippen LogP contribution in [0.2, 0.25) is 0 Å². The molecule has 0 aliphatic heterocycles. The van der Waals surface area contributed by atoms with Gasteiger partial charge in [-0.25, -0.2) is 0 Å². The molecule has 0 saturated carbocycles. The van der Waals surface area contributed by atoms with E-state index in [0.717, 1.165) is 25.2 Å². The van der Waals surface area contributed by atoms with Crippen molar-refractivity contribution in [1.82, 2.24) is 0 Å². The van der Waals surface area contributed by atoms with Crippen LogP contribution in [0.1, 0.15) is 61.3 Å². The highest BCUT2D eigenvalue weighted by molar-refractivity contribution is 7.80. The first kappa shape index (κ1) is 17.3. The molecule has 0 aliphatic rings. The minimum absolute atomic E-state index is 0.0838. The Labute approximate surface area is 113 Å². The van der Waals surface area contributed by atoms with E-state index in [-0.39, 0.29) is 16.8 Å². The molecule has 3 heteroatoms. The van der Waals surface area contributed by atoms with Crippen molar-refractivity contribution < 1.29 is 9.47 Å². The van der Waals surface area contributed by atoms with Gasteiger partial charge in [0.15, 0.2) is 0 Å². The molecule has 0 rings (SSSR count). The first-order valence-corrected chi connectivity index (χ1v) is 7.06. The van der Waals surface area contributed by atoms with Crippen molar-refractivity contribution in [1.29, 1.82) is 0 Å². The lowest BCUT2D eigenvalue weighted by atomic mass is 10.0. The average Bonchev–Trinajstić information content (AvgIpc) is 1.96. The van der Waals surface area contributed by atoms with E-state index in [9.17, 15) is 0 Å².